The minimum absolute atomic E-state index is 0.0920. The van der Waals surface area contributed by atoms with E-state index in [-0.39, 0.29) is 4.74 Å². The minimum Gasteiger partial charge on any atom is -0.278 e. The Balaban J connectivity index is 1.84. The molecule has 0 saturated carbocycles. The molecule has 0 aliphatic rings. The van der Waals surface area contributed by atoms with E-state index in [1.54, 1.807) is 6.07 Å². The summed E-state index contributed by atoms with van der Waals surface area (Å²) >= 11 is 1.31. The topological polar surface area (TPSA) is 17.1 Å². The van der Waals surface area contributed by atoms with Crippen molar-refractivity contribution in [1.29, 1.82) is 0 Å². The van der Waals surface area contributed by atoms with E-state index in [0.29, 0.717) is 0 Å². The molecule has 5 aromatic carbocycles. The quantitative estimate of drug-likeness (QED) is 0.293. The number of benzene rings is 5. The molecule has 0 N–H and O–H groups in total. The van der Waals surface area contributed by atoms with Gasteiger partial charge in [-0.25, -0.2) is 0 Å². The minimum atomic E-state index is 0.0920. The molecule has 0 unspecified atom stereocenters. The van der Waals surface area contributed by atoms with Gasteiger partial charge in [-0.05, 0) is 54.9 Å². The van der Waals surface area contributed by atoms with Crippen LogP contribution in [-0.2, 0) is 0 Å². The zero-order chi connectivity index (χ0) is 18.0. The van der Waals surface area contributed by atoms with E-state index in [1.807, 2.05) is 18.2 Å². The SMILES string of the molecule is O=c1cc(-c2ccc3ccc4cccc5ccc2c3c45)c2ccccc2s1. The summed E-state index contributed by atoms with van der Waals surface area (Å²) in [6, 6.07) is 29.5. The molecule has 1 heterocycles. The van der Waals surface area contributed by atoms with Crippen LogP contribution in [0.5, 0.6) is 0 Å². The summed E-state index contributed by atoms with van der Waals surface area (Å²) in [6.45, 7) is 0. The molecule has 6 rings (SSSR count). The van der Waals surface area contributed by atoms with Crippen LogP contribution in [-0.4, -0.2) is 0 Å². The molecule has 1 aromatic heterocycles. The fraction of sp³-hybridized carbons (Fsp3) is 0. The number of rotatable bonds is 1. The summed E-state index contributed by atoms with van der Waals surface area (Å²) in [6.07, 6.45) is 0. The Morgan fingerprint density at radius 1 is 0.556 bits per heavy atom. The first kappa shape index (κ1) is 14.9. The number of hydrogen-bond donors (Lipinski definition) is 0. The first-order chi connectivity index (χ1) is 13.3. The van der Waals surface area contributed by atoms with Gasteiger partial charge in [0.1, 0.15) is 0 Å². The lowest BCUT2D eigenvalue weighted by atomic mass is 9.89. The molecule has 0 saturated heterocycles. The molecule has 27 heavy (non-hydrogen) atoms. The molecule has 0 atom stereocenters. The first-order valence-corrected chi connectivity index (χ1v) is 9.81. The van der Waals surface area contributed by atoms with Crippen LogP contribution in [0.2, 0.25) is 0 Å². The Labute approximate surface area is 159 Å². The van der Waals surface area contributed by atoms with Gasteiger partial charge in [0.2, 0.25) is 4.74 Å². The Morgan fingerprint density at radius 3 is 2.11 bits per heavy atom. The Morgan fingerprint density at radius 2 is 1.26 bits per heavy atom. The fourth-order valence-electron chi connectivity index (χ4n) is 4.30. The summed E-state index contributed by atoms with van der Waals surface area (Å²) in [5.41, 5.74) is 2.15. The van der Waals surface area contributed by atoms with Gasteiger partial charge >= 0.3 is 0 Å². The normalized spacial score (nSPS) is 11.9. The van der Waals surface area contributed by atoms with Crippen LogP contribution >= 0.6 is 11.3 Å². The summed E-state index contributed by atoms with van der Waals surface area (Å²) < 4.78 is 1.13. The van der Waals surface area contributed by atoms with Gasteiger partial charge in [0.25, 0.3) is 0 Å². The third-order valence-electron chi connectivity index (χ3n) is 5.47. The average Bonchev–Trinajstić information content (AvgIpc) is 2.71. The third-order valence-corrected chi connectivity index (χ3v) is 6.36. The molecule has 126 valence electrons. The number of fused-ring (bicyclic) bond motifs is 1. The van der Waals surface area contributed by atoms with E-state index in [2.05, 4.69) is 60.7 Å². The molecule has 2 heteroatoms. The Bertz CT molecular complexity index is 1530. The van der Waals surface area contributed by atoms with Crippen LogP contribution in [0.25, 0.3) is 53.5 Å². The van der Waals surface area contributed by atoms with Gasteiger partial charge in [-0.2, -0.15) is 0 Å². The molecule has 0 radical (unpaired) electrons. The zero-order valence-corrected chi connectivity index (χ0v) is 15.2. The first-order valence-electron chi connectivity index (χ1n) is 8.99. The molecule has 0 aliphatic heterocycles. The van der Waals surface area contributed by atoms with E-state index in [9.17, 15) is 4.79 Å². The third kappa shape index (κ3) is 2.08. The van der Waals surface area contributed by atoms with E-state index < -0.39 is 0 Å². The van der Waals surface area contributed by atoms with Crippen LogP contribution < -0.4 is 4.74 Å². The van der Waals surface area contributed by atoms with Crippen molar-refractivity contribution in [2.45, 2.75) is 0 Å². The highest BCUT2D eigenvalue weighted by Gasteiger charge is 2.14. The lowest BCUT2D eigenvalue weighted by Crippen LogP contribution is -1.95. The maximum absolute atomic E-state index is 12.4. The monoisotopic (exact) mass is 362 g/mol. The van der Waals surface area contributed by atoms with Gasteiger partial charge in [0.15, 0.2) is 0 Å². The molecule has 0 spiro atoms. The summed E-state index contributed by atoms with van der Waals surface area (Å²) in [4.78, 5) is 12.4. The molecule has 1 nitrogen and oxygen atoms in total. The Kier molecular flexibility index (Phi) is 2.97. The van der Waals surface area contributed by atoms with Gasteiger partial charge in [-0.3, -0.25) is 4.79 Å². The van der Waals surface area contributed by atoms with Crippen molar-refractivity contribution in [2.75, 3.05) is 0 Å². The molecule has 6 aromatic rings. The van der Waals surface area contributed by atoms with Crippen LogP contribution in [0, 0.1) is 0 Å². The van der Waals surface area contributed by atoms with Crippen molar-refractivity contribution in [3.8, 4) is 11.1 Å². The van der Waals surface area contributed by atoms with E-state index in [0.717, 1.165) is 21.2 Å². The van der Waals surface area contributed by atoms with Gasteiger partial charge in [0, 0.05) is 10.8 Å². The van der Waals surface area contributed by atoms with Crippen LogP contribution in [0.4, 0.5) is 0 Å². The molecule has 0 aliphatic carbocycles. The lowest BCUT2D eigenvalue weighted by molar-refractivity contribution is 1.71. The van der Waals surface area contributed by atoms with Crippen molar-refractivity contribution >= 4 is 53.7 Å². The summed E-state index contributed by atoms with van der Waals surface area (Å²) in [7, 11) is 0. The standard InChI is InChI=1S/C25H14OS/c26-23-14-21(19-6-1-2-7-22(19)27-23)18-12-10-17-9-8-15-4-3-5-16-11-13-20(18)25(17)24(15)16/h1-14H. The summed E-state index contributed by atoms with van der Waals surface area (Å²) in [5.74, 6) is 0. The predicted molar refractivity (Wildman–Crippen MR) is 117 cm³/mol. The molecular weight excluding hydrogens is 348 g/mol. The Hall–Kier alpha value is -3.23. The highest BCUT2D eigenvalue weighted by molar-refractivity contribution is 7.16. The smallest absolute Gasteiger partial charge is 0.233 e. The molecule has 0 bridgehead atoms. The maximum atomic E-state index is 12.4. The van der Waals surface area contributed by atoms with E-state index in [4.69, 9.17) is 0 Å². The maximum Gasteiger partial charge on any atom is 0.233 e. The summed E-state index contributed by atoms with van der Waals surface area (Å²) in [5, 5.41) is 8.69. The zero-order valence-electron chi connectivity index (χ0n) is 14.4. The van der Waals surface area contributed by atoms with Crippen LogP contribution in [0.1, 0.15) is 0 Å². The van der Waals surface area contributed by atoms with Crippen LogP contribution in [0.3, 0.4) is 0 Å². The van der Waals surface area contributed by atoms with E-state index in [1.165, 1.54) is 43.7 Å². The molecule has 0 fully saturated rings. The van der Waals surface area contributed by atoms with Crippen molar-refractivity contribution in [3.63, 3.8) is 0 Å². The molecular formula is C25H14OS. The highest BCUT2D eigenvalue weighted by atomic mass is 32.1. The average molecular weight is 362 g/mol. The van der Waals surface area contributed by atoms with Crippen LogP contribution in [0.15, 0.2) is 89.7 Å². The van der Waals surface area contributed by atoms with Gasteiger partial charge in [-0.1, -0.05) is 84.1 Å². The second kappa shape index (κ2) is 5.38. The second-order valence-corrected chi connectivity index (χ2v) is 7.99. The van der Waals surface area contributed by atoms with Crippen molar-refractivity contribution in [3.05, 3.63) is 94.5 Å². The fourth-order valence-corrected chi connectivity index (χ4v) is 5.13. The largest absolute Gasteiger partial charge is 0.278 e. The van der Waals surface area contributed by atoms with E-state index >= 15 is 0 Å². The number of hydrogen-bond acceptors (Lipinski definition) is 2. The van der Waals surface area contributed by atoms with Gasteiger partial charge in [0.05, 0.1) is 0 Å². The predicted octanol–water partition coefficient (Wildman–Crippen LogP) is 6.83. The lowest BCUT2D eigenvalue weighted by Gasteiger charge is -2.15. The molecule has 0 amide bonds. The van der Waals surface area contributed by atoms with Crippen molar-refractivity contribution < 1.29 is 0 Å². The van der Waals surface area contributed by atoms with Crippen molar-refractivity contribution in [2.24, 2.45) is 0 Å². The second-order valence-electron chi connectivity index (χ2n) is 6.94. The van der Waals surface area contributed by atoms with Gasteiger partial charge < -0.3 is 0 Å². The highest BCUT2D eigenvalue weighted by Crippen LogP contribution is 2.40. The van der Waals surface area contributed by atoms with Gasteiger partial charge in [-0.15, -0.1) is 0 Å². The van der Waals surface area contributed by atoms with Crippen molar-refractivity contribution in [1.82, 2.24) is 0 Å².